The van der Waals surface area contributed by atoms with Crippen LogP contribution in [-0.4, -0.2) is 45.4 Å². The average molecular weight is 251 g/mol. The van der Waals surface area contributed by atoms with E-state index in [0.717, 1.165) is 31.5 Å². The van der Waals surface area contributed by atoms with Gasteiger partial charge in [0.05, 0.1) is 5.69 Å². The third-order valence-corrected chi connectivity index (χ3v) is 3.58. The maximum Gasteiger partial charge on any atom is 0.272 e. The minimum absolute atomic E-state index is 0.0304. The Morgan fingerprint density at radius 1 is 1.61 bits per heavy atom. The van der Waals surface area contributed by atoms with Gasteiger partial charge < -0.3 is 10.0 Å². The highest BCUT2D eigenvalue weighted by Gasteiger charge is 2.25. The van der Waals surface area contributed by atoms with Gasteiger partial charge in [0.2, 0.25) is 0 Å². The molecular formula is C13H21N3O2. The molecule has 0 aromatic carbocycles. The summed E-state index contributed by atoms with van der Waals surface area (Å²) in [5.74, 6) is 0.254. The molecule has 100 valence electrons. The van der Waals surface area contributed by atoms with E-state index in [1.54, 1.807) is 11.7 Å². The van der Waals surface area contributed by atoms with Crippen LogP contribution in [-0.2, 0) is 13.5 Å². The summed E-state index contributed by atoms with van der Waals surface area (Å²) in [7, 11) is 1.81. The summed E-state index contributed by atoms with van der Waals surface area (Å²) in [4.78, 5) is 14.2. The normalized spacial score (nSPS) is 20.2. The molecule has 1 fully saturated rings. The molecule has 0 radical (unpaired) electrons. The first-order valence-electron chi connectivity index (χ1n) is 6.58. The fourth-order valence-corrected chi connectivity index (χ4v) is 2.46. The predicted octanol–water partition coefficient (Wildman–Crippen LogP) is 0.827. The molecule has 5 nitrogen and oxygen atoms in total. The fraction of sp³-hybridized carbons (Fsp3) is 0.692. The Morgan fingerprint density at radius 2 is 2.39 bits per heavy atom. The molecule has 0 spiro atoms. The van der Waals surface area contributed by atoms with Gasteiger partial charge in [-0.3, -0.25) is 9.48 Å². The minimum atomic E-state index is 0.0304. The zero-order valence-corrected chi connectivity index (χ0v) is 11.1. The molecule has 1 aromatic rings. The Balaban J connectivity index is 2.12. The minimum Gasteiger partial charge on any atom is -0.396 e. The standard InChI is InChI=1S/C13H21N3O2/c1-3-11-7-12(15(2)14-11)13(18)16-6-4-5-10(8-16)9-17/h7,10,17H,3-6,8-9H2,1-2H3. The molecule has 5 heteroatoms. The Bertz CT molecular complexity index is 428. The summed E-state index contributed by atoms with van der Waals surface area (Å²) in [6.07, 6.45) is 2.81. The van der Waals surface area contributed by atoms with Crippen LogP contribution in [0.25, 0.3) is 0 Å². The van der Waals surface area contributed by atoms with Gasteiger partial charge in [0.25, 0.3) is 5.91 Å². The lowest BCUT2D eigenvalue weighted by Crippen LogP contribution is -2.41. The lowest BCUT2D eigenvalue weighted by atomic mass is 9.99. The maximum absolute atomic E-state index is 12.4. The average Bonchev–Trinajstić information content (AvgIpc) is 2.79. The largest absolute Gasteiger partial charge is 0.396 e. The van der Waals surface area contributed by atoms with E-state index < -0.39 is 0 Å². The Morgan fingerprint density at radius 3 is 3.00 bits per heavy atom. The molecule has 2 heterocycles. The number of hydrogen-bond acceptors (Lipinski definition) is 3. The zero-order chi connectivity index (χ0) is 13.1. The number of rotatable bonds is 3. The van der Waals surface area contributed by atoms with Crippen molar-refractivity contribution in [3.8, 4) is 0 Å². The molecule has 18 heavy (non-hydrogen) atoms. The van der Waals surface area contributed by atoms with Gasteiger partial charge in [0.1, 0.15) is 5.69 Å². The van der Waals surface area contributed by atoms with Gasteiger partial charge in [-0.05, 0) is 31.2 Å². The van der Waals surface area contributed by atoms with E-state index in [4.69, 9.17) is 0 Å². The number of aryl methyl sites for hydroxylation is 2. The number of carbonyl (C=O) groups excluding carboxylic acids is 1. The van der Waals surface area contributed by atoms with Crippen LogP contribution in [0.5, 0.6) is 0 Å². The lowest BCUT2D eigenvalue weighted by molar-refractivity contribution is 0.0610. The number of aromatic nitrogens is 2. The molecule has 2 rings (SSSR count). The van der Waals surface area contributed by atoms with Crippen LogP contribution in [0.1, 0.15) is 35.9 Å². The van der Waals surface area contributed by atoms with Crippen molar-refractivity contribution in [3.63, 3.8) is 0 Å². The lowest BCUT2D eigenvalue weighted by Gasteiger charge is -2.31. The van der Waals surface area contributed by atoms with Crippen LogP contribution in [0.4, 0.5) is 0 Å². The number of piperidine rings is 1. The Hall–Kier alpha value is -1.36. The van der Waals surface area contributed by atoms with Gasteiger partial charge in [0.15, 0.2) is 0 Å². The molecule has 1 aliphatic rings. The smallest absolute Gasteiger partial charge is 0.272 e. The number of hydrogen-bond donors (Lipinski definition) is 1. The van der Waals surface area contributed by atoms with Gasteiger partial charge >= 0.3 is 0 Å². The van der Waals surface area contributed by atoms with Gasteiger partial charge in [-0.25, -0.2) is 0 Å². The van der Waals surface area contributed by atoms with Crippen LogP contribution < -0.4 is 0 Å². The highest BCUT2D eigenvalue weighted by Crippen LogP contribution is 2.18. The van der Waals surface area contributed by atoms with E-state index in [9.17, 15) is 9.90 Å². The number of nitrogens with zero attached hydrogens (tertiary/aromatic N) is 3. The second-order valence-corrected chi connectivity index (χ2v) is 4.94. The van der Waals surface area contributed by atoms with Crippen LogP contribution >= 0.6 is 0 Å². The zero-order valence-electron chi connectivity index (χ0n) is 11.1. The van der Waals surface area contributed by atoms with Gasteiger partial charge in [-0.15, -0.1) is 0 Å². The van der Waals surface area contributed by atoms with Crippen molar-refractivity contribution in [1.82, 2.24) is 14.7 Å². The van der Waals surface area contributed by atoms with Gasteiger partial charge in [-0.2, -0.15) is 5.10 Å². The van der Waals surface area contributed by atoms with Gasteiger partial charge in [0, 0.05) is 26.7 Å². The van der Waals surface area contributed by atoms with E-state index in [0.29, 0.717) is 12.2 Å². The molecule has 0 saturated carbocycles. The predicted molar refractivity (Wildman–Crippen MR) is 68.3 cm³/mol. The quantitative estimate of drug-likeness (QED) is 0.865. The molecule has 0 bridgehead atoms. The van der Waals surface area contributed by atoms with E-state index in [1.807, 2.05) is 17.9 Å². The molecule has 1 amide bonds. The molecule has 1 saturated heterocycles. The van der Waals surface area contributed by atoms with E-state index in [1.165, 1.54) is 0 Å². The SMILES string of the molecule is CCc1cc(C(=O)N2CCCC(CO)C2)n(C)n1. The third kappa shape index (κ3) is 2.56. The van der Waals surface area contributed by atoms with Crippen molar-refractivity contribution < 1.29 is 9.90 Å². The Labute approximate surface area is 107 Å². The van der Waals surface area contributed by atoms with Crippen molar-refractivity contribution in [2.75, 3.05) is 19.7 Å². The van der Waals surface area contributed by atoms with Crippen LogP contribution in [0.2, 0.25) is 0 Å². The van der Waals surface area contributed by atoms with Crippen molar-refractivity contribution in [2.45, 2.75) is 26.2 Å². The summed E-state index contributed by atoms with van der Waals surface area (Å²) < 4.78 is 1.66. The van der Waals surface area contributed by atoms with Crippen molar-refractivity contribution in [3.05, 3.63) is 17.5 Å². The number of aliphatic hydroxyl groups is 1. The number of likely N-dealkylation sites (tertiary alicyclic amines) is 1. The van der Waals surface area contributed by atoms with Crippen molar-refractivity contribution in [2.24, 2.45) is 13.0 Å². The second kappa shape index (κ2) is 5.52. The topological polar surface area (TPSA) is 58.4 Å². The first-order chi connectivity index (χ1) is 8.65. The second-order valence-electron chi connectivity index (χ2n) is 4.94. The summed E-state index contributed by atoms with van der Waals surface area (Å²) >= 11 is 0. The highest BCUT2D eigenvalue weighted by molar-refractivity contribution is 5.92. The monoisotopic (exact) mass is 251 g/mol. The van der Waals surface area contributed by atoms with Gasteiger partial charge in [-0.1, -0.05) is 6.92 Å². The first kappa shape index (κ1) is 13.1. The van der Waals surface area contributed by atoms with E-state index >= 15 is 0 Å². The summed E-state index contributed by atoms with van der Waals surface area (Å²) in [6, 6.07) is 1.87. The van der Waals surface area contributed by atoms with E-state index in [2.05, 4.69) is 5.10 Å². The summed E-state index contributed by atoms with van der Waals surface area (Å²) in [5, 5.41) is 13.5. The molecular weight excluding hydrogens is 230 g/mol. The van der Waals surface area contributed by atoms with Crippen LogP contribution in [0.15, 0.2) is 6.07 Å². The number of carbonyl (C=O) groups is 1. The maximum atomic E-state index is 12.4. The summed E-state index contributed by atoms with van der Waals surface area (Å²) in [5.41, 5.74) is 1.59. The molecule has 1 N–H and O–H groups in total. The molecule has 1 atom stereocenters. The van der Waals surface area contributed by atoms with E-state index in [-0.39, 0.29) is 18.4 Å². The first-order valence-corrected chi connectivity index (χ1v) is 6.58. The van der Waals surface area contributed by atoms with Crippen molar-refractivity contribution >= 4 is 5.91 Å². The summed E-state index contributed by atoms with van der Waals surface area (Å²) in [6.45, 7) is 3.62. The van der Waals surface area contributed by atoms with Crippen LogP contribution in [0.3, 0.4) is 0 Å². The molecule has 1 unspecified atom stereocenters. The Kier molecular flexibility index (Phi) is 4.01. The number of aliphatic hydroxyl groups excluding tert-OH is 1. The number of amides is 1. The third-order valence-electron chi connectivity index (χ3n) is 3.58. The van der Waals surface area contributed by atoms with Crippen LogP contribution in [0, 0.1) is 5.92 Å². The fourth-order valence-electron chi connectivity index (χ4n) is 2.46. The molecule has 1 aliphatic heterocycles. The highest BCUT2D eigenvalue weighted by atomic mass is 16.3. The van der Waals surface area contributed by atoms with Crippen molar-refractivity contribution in [1.29, 1.82) is 0 Å². The molecule has 0 aliphatic carbocycles. The molecule has 1 aromatic heterocycles.